The van der Waals surface area contributed by atoms with Gasteiger partial charge in [-0.2, -0.15) is 0 Å². The van der Waals surface area contributed by atoms with E-state index in [1.165, 1.54) is 12.1 Å². The molecule has 0 aliphatic rings. The Morgan fingerprint density at radius 1 is 1.17 bits per heavy atom. The molecule has 2 rings (SSSR count). The van der Waals surface area contributed by atoms with Gasteiger partial charge < -0.3 is 5.11 Å². The van der Waals surface area contributed by atoms with Crippen LogP contribution in [0.1, 0.15) is 23.1 Å². The van der Waals surface area contributed by atoms with Gasteiger partial charge in [0.05, 0.1) is 5.69 Å². The normalized spacial score (nSPS) is 12.4. The Balaban J connectivity index is 2.21. The van der Waals surface area contributed by atoms with Gasteiger partial charge in [-0.1, -0.05) is 18.2 Å². The van der Waals surface area contributed by atoms with Crippen LogP contribution < -0.4 is 0 Å². The van der Waals surface area contributed by atoms with E-state index in [4.69, 9.17) is 0 Å². The van der Waals surface area contributed by atoms with Crippen LogP contribution in [0.4, 0.5) is 8.78 Å². The third-order valence-corrected chi connectivity index (χ3v) is 2.70. The molecule has 2 nitrogen and oxygen atoms in total. The van der Waals surface area contributed by atoms with Crippen LogP contribution in [0, 0.1) is 18.6 Å². The number of rotatable bonds is 3. The quantitative estimate of drug-likeness (QED) is 0.907. The van der Waals surface area contributed by atoms with E-state index in [2.05, 4.69) is 4.98 Å². The molecule has 0 fully saturated rings. The maximum absolute atomic E-state index is 13.5. The topological polar surface area (TPSA) is 33.1 Å². The third-order valence-electron chi connectivity index (χ3n) is 2.70. The molecule has 1 heterocycles. The lowest BCUT2D eigenvalue weighted by molar-refractivity contribution is 0.172. The van der Waals surface area contributed by atoms with E-state index in [9.17, 15) is 13.9 Å². The van der Waals surface area contributed by atoms with Crippen molar-refractivity contribution < 1.29 is 13.9 Å². The zero-order chi connectivity index (χ0) is 13.1. The fraction of sp³-hybridized carbons (Fsp3) is 0.214. The predicted molar refractivity (Wildman–Crippen MR) is 64.0 cm³/mol. The summed E-state index contributed by atoms with van der Waals surface area (Å²) in [5, 5.41) is 9.96. The zero-order valence-electron chi connectivity index (χ0n) is 9.90. The van der Waals surface area contributed by atoms with Crippen molar-refractivity contribution in [2.45, 2.75) is 19.4 Å². The molecule has 0 saturated carbocycles. The summed E-state index contributed by atoms with van der Waals surface area (Å²) >= 11 is 0. The van der Waals surface area contributed by atoms with E-state index in [-0.39, 0.29) is 12.0 Å². The summed E-state index contributed by atoms with van der Waals surface area (Å²) in [4.78, 5) is 4.16. The van der Waals surface area contributed by atoms with Gasteiger partial charge in [-0.15, -0.1) is 0 Å². The van der Waals surface area contributed by atoms with Gasteiger partial charge in [0.15, 0.2) is 11.6 Å². The van der Waals surface area contributed by atoms with Crippen molar-refractivity contribution in [3.8, 4) is 0 Å². The molecule has 0 aliphatic carbocycles. The molecule has 1 unspecified atom stereocenters. The van der Waals surface area contributed by atoms with E-state index in [0.29, 0.717) is 5.69 Å². The van der Waals surface area contributed by atoms with Crippen LogP contribution in [0.25, 0.3) is 0 Å². The maximum Gasteiger partial charge on any atom is 0.162 e. The highest BCUT2D eigenvalue weighted by Gasteiger charge is 2.14. The van der Waals surface area contributed by atoms with E-state index in [1.54, 1.807) is 25.1 Å². The molecule has 0 bridgehead atoms. The number of nitrogens with zero attached hydrogens (tertiary/aromatic N) is 1. The molecule has 2 aromatic rings. The summed E-state index contributed by atoms with van der Waals surface area (Å²) in [6.45, 7) is 1.80. The molecule has 1 N–H and O–H groups in total. The number of benzene rings is 1. The SMILES string of the molecule is Cc1cccc(C(O)Cc2cccc(F)c2F)n1. The first kappa shape index (κ1) is 12.6. The first-order valence-corrected chi connectivity index (χ1v) is 5.62. The minimum Gasteiger partial charge on any atom is -0.386 e. The minimum atomic E-state index is -0.943. The highest BCUT2D eigenvalue weighted by Crippen LogP contribution is 2.20. The van der Waals surface area contributed by atoms with Crippen molar-refractivity contribution in [1.82, 2.24) is 4.98 Å². The number of aryl methyl sites for hydroxylation is 1. The van der Waals surface area contributed by atoms with Gasteiger partial charge >= 0.3 is 0 Å². The fourth-order valence-electron chi connectivity index (χ4n) is 1.77. The first-order valence-electron chi connectivity index (χ1n) is 5.62. The van der Waals surface area contributed by atoms with Crippen LogP contribution in [0.5, 0.6) is 0 Å². The Hall–Kier alpha value is -1.81. The molecule has 0 amide bonds. The Kier molecular flexibility index (Phi) is 3.67. The van der Waals surface area contributed by atoms with Gasteiger partial charge in [-0.3, -0.25) is 4.98 Å². The van der Waals surface area contributed by atoms with Gasteiger partial charge in [0.2, 0.25) is 0 Å². The van der Waals surface area contributed by atoms with Crippen LogP contribution >= 0.6 is 0 Å². The average Bonchev–Trinajstić information content (AvgIpc) is 2.35. The molecule has 0 saturated heterocycles. The van der Waals surface area contributed by atoms with Gasteiger partial charge in [-0.25, -0.2) is 8.78 Å². The Morgan fingerprint density at radius 2 is 1.89 bits per heavy atom. The number of aliphatic hydroxyl groups is 1. The molecule has 0 radical (unpaired) electrons. The lowest BCUT2D eigenvalue weighted by atomic mass is 10.0. The molecular formula is C14H13F2NO. The average molecular weight is 249 g/mol. The molecule has 0 spiro atoms. The molecule has 94 valence electrons. The summed E-state index contributed by atoms with van der Waals surface area (Å²) in [7, 11) is 0. The number of hydrogen-bond donors (Lipinski definition) is 1. The van der Waals surface area contributed by atoms with Gasteiger partial charge in [0, 0.05) is 12.1 Å². The molecule has 1 aromatic heterocycles. The van der Waals surface area contributed by atoms with Crippen molar-refractivity contribution in [3.63, 3.8) is 0 Å². The first-order chi connectivity index (χ1) is 8.58. The van der Waals surface area contributed by atoms with Gasteiger partial charge in [-0.05, 0) is 30.7 Å². The highest BCUT2D eigenvalue weighted by atomic mass is 19.2. The summed E-state index contributed by atoms with van der Waals surface area (Å²) in [5.41, 5.74) is 1.37. The maximum atomic E-state index is 13.5. The number of hydrogen-bond acceptors (Lipinski definition) is 2. The van der Waals surface area contributed by atoms with Crippen LogP contribution in [0.15, 0.2) is 36.4 Å². The monoisotopic (exact) mass is 249 g/mol. The van der Waals surface area contributed by atoms with Crippen molar-refractivity contribution in [2.24, 2.45) is 0 Å². The number of halogens is 2. The van der Waals surface area contributed by atoms with Crippen molar-refractivity contribution in [1.29, 1.82) is 0 Å². The zero-order valence-corrected chi connectivity index (χ0v) is 9.90. The van der Waals surface area contributed by atoms with Crippen molar-refractivity contribution >= 4 is 0 Å². The summed E-state index contributed by atoms with van der Waals surface area (Å²) in [6.07, 6.45) is -0.943. The molecule has 0 aliphatic heterocycles. The number of aromatic nitrogens is 1. The van der Waals surface area contributed by atoms with Crippen molar-refractivity contribution in [2.75, 3.05) is 0 Å². The minimum absolute atomic E-state index is 0.0000463. The molecular weight excluding hydrogens is 236 g/mol. The lowest BCUT2D eigenvalue weighted by Crippen LogP contribution is -2.07. The largest absolute Gasteiger partial charge is 0.386 e. The lowest BCUT2D eigenvalue weighted by Gasteiger charge is -2.11. The van der Waals surface area contributed by atoms with E-state index in [1.807, 2.05) is 0 Å². The summed E-state index contributed by atoms with van der Waals surface area (Å²) in [6, 6.07) is 9.16. The summed E-state index contributed by atoms with van der Waals surface area (Å²) < 4.78 is 26.5. The fourth-order valence-corrected chi connectivity index (χ4v) is 1.77. The highest BCUT2D eigenvalue weighted by molar-refractivity contribution is 5.22. The molecule has 18 heavy (non-hydrogen) atoms. The van der Waals surface area contributed by atoms with Crippen LogP contribution in [-0.4, -0.2) is 10.1 Å². The number of pyridine rings is 1. The van der Waals surface area contributed by atoms with Crippen LogP contribution in [-0.2, 0) is 6.42 Å². The van der Waals surface area contributed by atoms with E-state index >= 15 is 0 Å². The second-order valence-corrected chi connectivity index (χ2v) is 4.14. The Labute approximate surface area is 104 Å². The number of aliphatic hydroxyl groups excluding tert-OH is 1. The summed E-state index contributed by atoms with van der Waals surface area (Å²) in [5.74, 6) is -1.82. The molecule has 1 atom stereocenters. The third kappa shape index (κ3) is 2.71. The second-order valence-electron chi connectivity index (χ2n) is 4.14. The standard InChI is InChI=1S/C14H13F2NO/c1-9-4-2-7-12(17-9)13(18)8-10-5-3-6-11(15)14(10)16/h2-7,13,18H,8H2,1H3. The Bertz CT molecular complexity index is 557. The smallest absolute Gasteiger partial charge is 0.162 e. The van der Waals surface area contributed by atoms with Crippen molar-refractivity contribution in [3.05, 3.63) is 65.0 Å². The predicted octanol–water partition coefficient (Wildman–Crippen LogP) is 2.94. The molecule has 1 aromatic carbocycles. The van der Waals surface area contributed by atoms with E-state index < -0.39 is 17.7 Å². The van der Waals surface area contributed by atoms with Gasteiger partial charge in [0.1, 0.15) is 6.10 Å². The van der Waals surface area contributed by atoms with Crippen LogP contribution in [0.2, 0.25) is 0 Å². The van der Waals surface area contributed by atoms with Crippen LogP contribution in [0.3, 0.4) is 0 Å². The Morgan fingerprint density at radius 3 is 2.61 bits per heavy atom. The second kappa shape index (κ2) is 5.23. The molecule has 4 heteroatoms. The van der Waals surface area contributed by atoms with Gasteiger partial charge in [0.25, 0.3) is 0 Å². The van der Waals surface area contributed by atoms with E-state index in [0.717, 1.165) is 11.8 Å².